The number of hydrogen-bond donors (Lipinski definition) is 0. The summed E-state index contributed by atoms with van der Waals surface area (Å²) < 4.78 is 17.0. The first-order chi connectivity index (χ1) is 9.82. The van der Waals surface area contributed by atoms with Crippen molar-refractivity contribution < 1.29 is 23.5 Å². The molecule has 1 aliphatic rings. The predicted octanol–water partition coefficient (Wildman–Crippen LogP) is 3.29. The van der Waals surface area contributed by atoms with Gasteiger partial charge in [0.2, 0.25) is 0 Å². The Morgan fingerprint density at radius 3 is 1.73 bits per heavy atom. The third-order valence-corrected chi connectivity index (χ3v) is 20.7. The van der Waals surface area contributed by atoms with Crippen molar-refractivity contribution in [3.63, 3.8) is 0 Å². The molecule has 0 bridgehead atoms. The SMILES string of the molecule is C=C(C)C(=O)OC1(OC(=O)C(=C)C)CC[Si](C)(C)[Si](C)(C)O1. The van der Waals surface area contributed by atoms with Crippen molar-refractivity contribution in [2.75, 3.05) is 0 Å². The highest BCUT2D eigenvalue weighted by molar-refractivity contribution is 7.38. The predicted molar refractivity (Wildman–Crippen MR) is 90.0 cm³/mol. The van der Waals surface area contributed by atoms with Gasteiger partial charge >= 0.3 is 17.9 Å². The molecule has 0 aliphatic carbocycles. The molecule has 1 fully saturated rings. The van der Waals surface area contributed by atoms with Crippen LogP contribution in [-0.4, -0.2) is 33.3 Å². The number of ether oxygens (including phenoxy) is 2. The molecule has 1 rings (SSSR count). The second-order valence-corrected chi connectivity index (χ2v) is 22.2. The van der Waals surface area contributed by atoms with E-state index in [1.807, 2.05) is 0 Å². The summed E-state index contributed by atoms with van der Waals surface area (Å²) in [6.07, 6.45) is 0.348. The number of hydrogen-bond acceptors (Lipinski definition) is 5. The van der Waals surface area contributed by atoms with Gasteiger partial charge in [0.05, 0.1) is 14.0 Å². The van der Waals surface area contributed by atoms with Gasteiger partial charge in [0.1, 0.15) is 0 Å². The van der Waals surface area contributed by atoms with Crippen molar-refractivity contribution in [3.05, 3.63) is 24.3 Å². The normalized spacial score (nSPS) is 21.5. The van der Waals surface area contributed by atoms with Crippen LogP contribution in [0.3, 0.4) is 0 Å². The van der Waals surface area contributed by atoms with E-state index in [1.54, 1.807) is 13.8 Å². The van der Waals surface area contributed by atoms with Crippen molar-refractivity contribution >= 4 is 27.4 Å². The number of esters is 2. The van der Waals surface area contributed by atoms with Crippen LogP contribution in [0.15, 0.2) is 24.3 Å². The summed E-state index contributed by atoms with van der Waals surface area (Å²) in [6, 6.07) is 0.860. The van der Waals surface area contributed by atoms with E-state index in [1.165, 1.54) is 0 Å². The minimum Gasteiger partial charge on any atom is -0.395 e. The Morgan fingerprint density at radius 1 is 1.00 bits per heavy atom. The zero-order valence-electron chi connectivity index (χ0n) is 14.4. The lowest BCUT2D eigenvalue weighted by molar-refractivity contribution is -0.313. The molecule has 22 heavy (non-hydrogen) atoms. The molecule has 0 N–H and O–H groups in total. The maximum atomic E-state index is 12.0. The van der Waals surface area contributed by atoms with E-state index >= 15 is 0 Å². The highest BCUT2D eigenvalue weighted by atomic mass is 29.3. The van der Waals surface area contributed by atoms with Gasteiger partial charge in [-0.3, -0.25) is 0 Å². The van der Waals surface area contributed by atoms with Crippen molar-refractivity contribution in [1.82, 2.24) is 0 Å². The van der Waals surface area contributed by atoms with E-state index in [2.05, 4.69) is 39.3 Å². The topological polar surface area (TPSA) is 61.8 Å². The van der Waals surface area contributed by atoms with Gasteiger partial charge in [0, 0.05) is 11.1 Å². The summed E-state index contributed by atoms with van der Waals surface area (Å²) in [6.45, 7) is 18.9. The summed E-state index contributed by atoms with van der Waals surface area (Å²) in [7, 11) is -3.71. The quantitative estimate of drug-likeness (QED) is 0.339. The molecule has 7 heteroatoms. The summed E-state index contributed by atoms with van der Waals surface area (Å²) in [5.74, 6) is -2.90. The van der Waals surface area contributed by atoms with Crippen LogP contribution >= 0.6 is 0 Å². The maximum Gasteiger partial charge on any atom is 0.366 e. The highest BCUT2D eigenvalue weighted by Gasteiger charge is 2.57. The van der Waals surface area contributed by atoms with Crippen LogP contribution < -0.4 is 0 Å². The molecule has 1 saturated heterocycles. The molecular formula is C15H26O5Si2. The fourth-order valence-corrected chi connectivity index (χ4v) is 8.21. The van der Waals surface area contributed by atoms with E-state index in [-0.39, 0.29) is 11.1 Å². The molecule has 0 aromatic carbocycles. The van der Waals surface area contributed by atoms with Gasteiger partial charge in [-0.15, -0.1) is 0 Å². The van der Waals surface area contributed by atoms with Crippen LogP contribution in [0, 0.1) is 0 Å². The summed E-state index contributed by atoms with van der Waals surface area (Å²) in [4.78, 5) is 23.9. The molecular weight excluding hydrogens is 316 g/mol. The fourth-order valence-electron chi connectivity index (χ4n) is 1.97. The Hall–Kier alpha value is -1.19. The van der Waals surface area contributed by atoms with E-state index in [0.29, 0.717) is 6.42 Å². The number of carbonyl (C=O) groups is 2. The van der Waals surface area contributed by atoms with Crippen molar-refractivity contribution in [2.24, 2.45) is 0 Å². The van der Waals surface area contributed by atoms with Gasteiger partial charge in [-0.25, -0.2) is 9.59 Å². The average molecular weight is 343 g/mol. The Morgan fingerprint density at radius 2 is 1.41 bits per heavy atom. The molecule has 0 aromatic heterocycles. The molecule has 0 saturated carbocycles. The first kappa shape index (κ1) is 18.9. The molecule has 0 radical (unpaired) electrons. The molecule has 0 atom stereocenters. The monoisotopic (exact) mass is 342 g/mol. The molecule has 124 valence electrons. The van der Waals surface area contributed by atoms with Crippen molar-refractivity contribution in [1.29, 1.82) is 0 Å². The van der Waals surface area contributed by atoms with Gasteiger partial charge < -0.3 is 13.9 Å². The number of rotatable bonds is 4. The second kappa shape index (κ2) is 6.13. The van der Waals surface area contributed by atoms with Gasteiger partial charge in [-0.05, 0) is 33.0 Å². The number of carbonyl (C=O) groups excluding carboxylic acids is 2. The lowest BCUT2D eigenvalue weighted by Crippen LogP contribution is -2.67. The second-order valence-electron chi connectivity index (χ2n) is 7.02. The summed E-state index contributed by atoms with van der Waals surface area (Å²) >= 11 is 0. The third-order valence-electron chi connectivity index (χ3n) is 4.29. The Kier molecular flexibility index (Phi) is 5.26. The molecule has 0 aromatic rings. The molecule has 5 nitrogen and oxygen atoms in total. The summed E-state index contributed by atoms with van der Waals surface area (Å²) in [5.41, 5.74) is 0.465. The molecule has 0 spiro atoms. The lowest BCUT2D eigenvalue weighted by Gasteiger charge is -2.49. The Balaban J connectivity index is 3.13. The first-order valence-electron chi connectivity index (χ1n) is 7.30. The largest absolute Gasteiger partial charge is 0.395 e. The fraction of sp³-hybridized carbons (Fsp3) is 0.600. The van der Waals surface area contributed by atoms with Crippen molar-refractivity contribution in [3.8, 4) is 0 Å². The molecule has 0 unspecified atom stereocenters. The Labute approximate surface area is 134 Å². The summed E-state index contributed by atoms with van der Waals surface area (Å²) in [5, 5.41) is 0. The van der Waals surface area contributed by atoms with Crippen LogP contribution in [-0.2, 0) is 23.5 Å². The van der Waals surface area contributed by atoms with Crippen LogP contribution in [0.25, 0.3) is 0 Å². The van der Waals surface area contributed by atoms with Crippen molar-refractivity contribution in [2.45, 2.75) is 58.5 Å². The van der Waals surface area contributed by atoms with Gasteiger partial charge in [-0.2, -0.15) is 0 Å². The van der Waals surface area contributed by atoms with E-state index in [9.17, 15) is 9.59 Å². The first-order valence-corrected chi connectivity index (χ1v) is 14.4. The van der Waals surface area contributed by atoms with Crippen LogP contribution in [0.5, 0.6) is 0 Å². The van der Waals surface area contributed by atoms with E-state index < -0.39 is 33.3 Å². The van der Waals surface area contributed by atoms with Crippen LogP contribution in [0.1, 0.15) is 20.3 Å². The minimum atomic E-state index is -2.13. The Bertz CT molecular complexity index is 494. The maximum absolute atomic E-state index is 12.0. The molecule has 0 amide bonds. The van der Waals surface area contributed by atoms with Crippen LogP contribution in [0.2, 0.25) is 32.2 Å². The lowest BCUT2D eigenvalue weighted by atomic mass is 10.3. The van der Waals surface area contributed by atoms with E-state index in [0.717, 1.165) is 6.04 Å². The van der Waals surface area contributed by atoms with Gasteiger partial charge in [0.25, 0.3) is 0 Å². The van der Waals surface area contributed by atoms with Crippen LogP contribution in [0.4, 0.5) is 0 Å². The highest BCUT2D eigenvalue weighted by Crippen LogP contribution is 2.41. The zero-order valence-corrected chi connectivity index (χ0v) is 16.4. The van der Waals surface area contributed by atoms with E-state index in [4.69, 9.17) is 13.9 Å². The smallest absolute Gasteiger partial charge is 0.366 e. The third kappa shape index (κ3) is 3.96. The zero-order chi connectivity index (χ0) is 17.3. The van der Waals surface area contributed by atoms with Gasteiger partial charge in [-0.1, -0.05) is 26.3 Å². The standard InChI is InChI=1S/C15H26O5Si2/c1-11(2)13(16)18-15(19-14(17)12(3)4)9-10-21(5,6)22(7,8)20-15/h1,3,9-10H2,2,4-8H3. The minimum absolute atomic E-state index is 0.232. The average Bonchev–Trinajstić information content (AvgIpc) is 2.34. The van der Waals surface area contributed by atoms with Gasteiger partial charge in [0.15, 0.2) is 7.83 Å². The molecule has 1 heterocycles. The molecule has 1 aliphatic heterocycles.